The van der Waals surface area contributed by atoms with Gasteiger partial charge in [0.2, 0.25) is 5.91 Å². The Morgan fingerprint density at radius 3 is 2.50 bits per heavy atom. The van der Waals surface area contributed by atoms with Gasteiger partial charge in [-0.3, -0.25) is 14.5 Å². The van der Waals surface area contributed by atoms with E-state index in [4.69, 9.17) is 0 Å². The maximum absolute atomic E-state index is 13.4. The molecule has 1 aromatic rings. The summed E-state index contributed by atoms with van der Waals surface area (Å²) in [6.45, 7) is 12.9. The number of allylic oxidation sites excluding steroid dienone is 1. The summed E-state index contributed by atoms with van der Waals surface area (Å²) in [6, 6.07) is 3.92. The van der Waals surface area contributed by atoms with Gasteiger partial charge in [-0.05, 0) is 48.0 Å². The molecule has 2 fully saturated rings. The molecule has 0 aromatic carbocycles. The Bertz CT molecular complexity index is 886. The van der Waals surface area contributed by atoms with E-state index in [0.717, 1.165) is 69.4 Å². The highest BCUT2D eigenvalue weighted by Gasteiger charge is 2.51. The topological polar surface area (TPSA) is 43.9 Å². The largest absolute Gasteiger partial charge is 0.340 e. The van der Waals surface area contributed by atoms with Crippen LogP contribution in [0.25, 0.3) is 0 Å². The van der Waals surface area contributed by atoms with Crippen LogP contribution >= 0.6 is 11.3 Å². The SMILES string of the molecule is CCCCCCCCC(=O)N1CCN(CCN(CC2=CCC3CC2C3(C)C)C(=O)c2cccs2)CC1. The van der Waals surface area contributed by atoms with E-state index in [1.807, 2.05) is 17.5 Å². The molecule has 1 saturated carbocycles. The third-order valence-electron chi connectivity index (χ3n) is 9.13. The summed E-state index contributed by atoms with van der Waals surface area (Å²) in [5.41, 5.74) is 1.85. The van der Waals surface area contributed by atoms with Gasteiger partial charge < -0.3 is 9.80 Å². The molecule has 2 amide bonds. The molecular formula is C30H47N3O2S. The number of thiophene rings is 1. The van der Waals surface area contributed by atoms with Crippen LogP contribution in [0.2, 0.25) is 0 Å². The maximum atomic E-state index is 13.4. The van der Waals surface area contributed by atoms with Crippen LogP contribution in [-0.2, 0) is 4.79 Å². The molecule has 36 heavy (non-hydrogen) atoms. The fourth-order valence-electron chi connectivity index (χ4n) is 6.38. The molecule has 2 unspecified atom stereocenters. The predicted molar refractivity (Wildman–Crippen MR) is 149 cm³/mol. The van der Waals surface area contributed by atoms with Crippen LogP contribution in [0.3, 0.4) is 0 Å². The minimum Gasteiger partial charge on any atom is -0.340 e. The van der Waals surface area contributed by atoms with Crippen molar-refractivity contribution in [1.29, 1.82) is 0 Å². The molecule has 6 heteroatoms. The molecule has 0 radical (unpaired) electrons. The van der Waals surface area contributed by atoms with Crippen LogP contribution in [0.4, 0.5) is 0 Å². The Morgan fingerprint density at radius 2 is 1.83 bits per heavy atom. The molecule has 2 bridgehead atoms. The number of fused-ring (bicyclic) bond motifs is 1. The van der Waals surface area contributed by atoms with Gasteiger partial charge in [-0.1, -0.05) is 70.6 Å². The Morgan fingerprint density at radius 1 is 1.08 bits per heavy atom. The average molecular weight is 514 g/mol. The van der Waals surface area contributed by atoms with Gasteiger partial charge in [-0.15, -0.1) is 11.3 Å². The minimum atomic E-state index is 0.165. The number of hydrogen-bond acceptors (Lipinski definition) is 4. The molecule has 5 rings (SSSR count). The summed E-state index contributed by atoms with van der Waals surface area (Å²) in [7, 11) is 0. The van der Waals surface area contributed by atoms with E-state index < -0.39 is 0 Å². The molecule has 2 heterocycles. The second-order valence-electron chi connectivity index (χ2n) is 11.8. The van der Waals surface area contributed by atoms with Gasteiger partial charge in [-0.25, -0.2) is 0 Å². The number of rotatable bonds is 13. The van der Waals surface area contributed by atoms with Gasteiger partial charge in [-0.2, -0.15) is 0 Å². The third kappa shape index (κ3) is 6.61. The summed E-state index contributed by atoms with van der Waals surface area (Å²) in [6.07, 6.45) is 12.9. The van der Waals surface area contributed by atoms with Crippen LogP contribution < -0.4 is 0 Å². The first-order chi connectivity index (χ1) is 17.4. The number of piperazine rings is 1. The number of unbranched alkanes of at least 4 members (excludes halogenated alkanes) is 5. The van der Waals surface area contributed by atoms with Crippen molar-refractivity contribution < 1.29 is 9.59 Å². The van der Waals surface area contributed by atoms with E-state index in [1.54, 1.807) is 0 Å². The van der Waals surface area contributed by atoms with Gasteiger partial charge in [0.15, 0.2) is 0 Å². The van der Waals surface area contributed by atoms with E-state index in [2.05, 4.69) is 41.5 Å². The molecule has 1 aromatic heterocycles. The Hall–Kier alpha value is -1.66. The maximum Gasteiger partial charge on any atom is 0.264 e. The summed E-state index contributed by atoms with van der Waals surface area (Å²) in [5.74, 6) is 1.92. The zero-order valence-electron chi connectivity index (χ0n) is 22.8. The van der Waals surface area contributed by atoms with Crippen LogP contribution in [0.1, 0.15) is 88.2 Å². The zero-order chi connectivity index (χ0) is 25.5. The number of nitrogens with zero attached hydrogens (tertiary/aromatic N) is 3. The first kappa shape index (κ1) is 27.4. The van der Waals surface area contributed by atoms with E-state index in [-0.39, 0.29) is 5.91 Å². The quantitative estimate of drug-likeness (QED) is 0.237. The summed E-state index contributed by atoms with van der Waals surface area (Å²) in [5, 5.41) is 1.99. The Balaban J connectivity index is 1.24. The first-order valence-electron chi connectivity index (χ1n) is 14.4. The molecule has 2 atom stereocenters. The second-order valence-corrected chi connectivity index (χ2v) is 12.7. The molecule has 4 aliphatic rings. The molecule has 3 aliphatic carbocycles. The van der Waals surface area contributed by atoms with Crippen molar-refractivity contribution >= 4 is 23.2 Å². The monoisotopic (exact) mass is 513 g/mol. The highest BCUT2D eigenvalue weighted by Crippen LogP contribution is 2.59. The van der Waals surface area contributed by atoms with E-state index in [1.165, 1.54) is 55.4 Å². The van der Waals surface area contributed by atoms with Crippen molar-refractivity contribution in [3.63, 3.8) is 0 Å². The Labute approximate surface area is 222 Å². The smallest absolute Gasteiger partial charge is 0.264 e. The molecule has 0 N–H and O–H groups in total. The van der Waals surface area contributed by atoms with Crippen molar-refractivity contribution in [1.82, 2.24) is 14.7 Å². The summed E-state index contributed by atoms with van der Waals surface area (Å²) < 4.78 is 0. The number of amides is 2. The lowest BCUT2D eigenvalue weighted by Gasteiger charge is -2.57. The number of carbonyl (C=O) groups is 2. The zero-order valence-corrected chi connectivity index (χ0v) is 23.7. The summed E-state index contributed by atoms with van der Waals surface area (Å²) in [4.78, 5) is 33.4. The standard InChI is InChI=1S/C30H47N3O2S/c1-4-5-6-7-8-9-12-28(34)32-18-15-31(16-19-32)17-20-33(29(35)27-11-10-21-36-27)23-24-13-14-25-22-26(24)30(25,2)3/h10-11,13,21,25-26H,4-9,12,14-20,22-23H2,1-3H3. The van der Waals surface area contributed by atoms with Crippen molar-refractivity contribution in [3.05, 3.63) is 34.0 Å². The van der Waals surface area contributed by atoms with Gasteiger partial charge in [0, 0.05) is 52.2 Å². The van der Waals surface area contributed by atoms with Gasteiger partial charge in [0.25, 0.3) is 5.91 Å². The van der Waals surface area contributed by atoms with Crippen LogP contribution in [0, 0.1) is 17.3 Å². The second kappa shape index (κ2) is 12.7. The number of hydrogen-bond donors (Lipinski definition) is 0. The third-order valence-corrected chi connectivity index (χ3v) is 9.99. The van der Waals surface area contributed by atoms with Gasteiger partial charge in [0.1, 0.15) is 0 Å². The van der Waals surface area contributed by atoms with Crippen molar-refractivity contribution in [2.75, 3.05) is 45.8 Å². The van der Waals surface area contributed by atoms with E-state index in [0.29, 0.717) is 23.7 Å². The lowest BCUT2D eigenvalue weighted by atomic mass is 9.49. The first-order valence-corrected chi connectivity index (χ1v) is 15.3. The minimum absolute atomic E-state index is 0.165. The lowest BCUT2D eigenvalue weighted by molar-refractivity contribution is -0.133. The highest BCUT2D eigenvalue weighted by molar-refractivity contribution is 7.12. The summed E-state index contributed by atoms with van der Waals surface area (Å²) >= 11 is 1.54. The van der Waals surface area contributed by atoms with Crippen LogP contribution in [-0.4, -0.2) is 72.3 Å². The van der Waals surface area contributed by atoms with E-state index >= 15 is 0 Å². The number of carbonyl (C=O) groups excluding carboxylic acids is 2. The van der Waals surface area contributed by atoms with Crippen molar-refractivity contribution in [3.8, 4) is 0 Å². The van der Waals surface area contributed by atoms with Gasteiger partial charge >= 0.3 is 0 Å². The Kier molecular flexibility index (Phi) is 9.68. The van der Waals surface area contributed by atoms with Crippen molar-refractivity contribution in [2.45, 2.75) is 78.6 Å². The molecule has 5 nitrogen and oxygen atoms in total. The van der Waals surface area contributed by atoms with Crippen LogP contribution in [0.15, 0.2) is 29.2 Å². The molecule has 1 saturated heterocycles. The van der Waals surface area contributed by atoms with Crippen LogP contribution in [0.5, 0.6) is 0 Å². The van der Waals surface area contributed by atoms with E-state index in [9.17, 15) is 9.59 Å². The average Bonchev–Trinajstić information content (AvgIpc) is 3.43. The molecule has 200 valence electrons. The van der Waals surface area contributed by atoms with Crippen molar-refractivity contribution in [2.24, 2.45) is 17.3 Å². The fraction of sp³-hybridized carbons (Fsp3) is 0.733. The fourth-order valence-corrected chi connectivity index (χ4v) is 7.07. The molecule has 1 aliphatic heterocycles. The highest BCUT2D eigenvalue weighted by atomic mass is 32.1. The molecule has 0 spiro atoms. The van der Waals surface area contributed by atoms with Gasteiger partial charge in [0.05, 0.1) is 4.88 Å². The normalized spacial score (nSPS) is 23.2. The predicted octanol–water partition coefficient (Wildman–Crippen LogP) is 6.08. The lowest BCUT2D eigenvalue weighted by Crippen LogP contribution is -2.52. The molecular weight excluding hydrogens is 466 g/mol.